The highest BCUT2D eigenvalue weighted by Crippen LogP contribution is 2.25. The van der Waals surface area contributed by atoms with Gasteiger partial charge in [0.2, 0.25) is 0 Å². The Hall–Kier alpha value is -2.37. The van der Waals surface area contributed by atoms with E-state index in [0.717, 1.165) is 18.5 Å². The van der Waals surface area contributed by atoms with Crippen LogP contribution in [0.1, 0.15) is 37.9 Å². The van der Waals surface area contributed by atoms with Crippen LogP contribution in [0.3, 0.4) is 0 Å². The molecular weight excluding hydrogens is 292 g/mol. The molecule has 2 aliphatic rings. The minimum absolute atomic E-state index is 0.297. The van der Waals surface area contributed by atoms with Crippen molar-refractivity contribution in [3.8, 4) is 0 Å². The third-order valence-corrected chi connectivity index (χ3v) is 4.85. The second-order valence-electron chi connectivity index (χ2n) is 6.42. The molecule has 0 unspecified atom stereocenters. The van der Waals surface area contributed by atoms with Crippen LogP contribution < -0.4 is 10.6 Å². The van der Waals surface area contributed by atoms with E-state index in [9.17, 15) is 9.59 Å². The fraction of sp³-hybridized carbons (Fsp3) is 0.471. The zero-order valence-corrected chi connectivity index (χ0v) is 13.0. The van der Waals surface area contributed by atoms with Gasteiger partial charge in [-0.05, 0) is 30.9 Å². The number of benzene rings is 1. The predicted molar refractivity (Wildman–Crippen MR) is 86.5 cm³/mol. The second kappa shape index (κ2) is 5.68. The first-order valence-corrected chi connectivity index (χ1v) is 8.29. The first-order valence-electron chi connectivity index (χ1n) is 8.29. The highest BCUT2D eigenvalue weighted by atomic mass is 16.2. The molecule has 1 aliphatic heterocycles. The zero-order chi connectivity index (χ0) is 15.8. The van der Waals surface area contributed by atoms with Gasteiger partial charge in [-0.15, -0.1) is 0 Å². The maximum absolute atomic E-state index is 12.6. The van der Waals surface area contributed by atoms with Crippen molar-refractivity contribution in [2.75, 3.05) is 4.90 Å². The fourth-order valence-electron chi connectivity index (χ4n) is 3.62. The topological polar surface area (TPSA) is 60.1 Å². The van der Waals surface area contributed by atoms with Gasteiger partial charge in [-0.25, -0.2) is 14.3 Å². The Bertz CT molecular complexity index is 772. The van der Waals surface area contributed by atoms with Gasteiger partial charge < -0.3 is 0 Å². The van der Waals surface area contributed by atoms with Gasteiger partial charge >= 0.3 is 11.7 Å². The van der Waals surface area contributed by atoms with Gasteiger partial charge in [0.25, 0.3) is 0 Å². The largest absolute Gasteiger partial charge is 0.354 e. The maximum Gasteiger partial charge on any atom is 0.354 e. The SMILES string of the molecule is O=C1N(c2ccccc2)Cc2nn(CC3CCCCC3)c(=O)n21. The van der Waals surface area contributed by atoms with E-state index in [0.29, 0.717) is 24.8 Å². The summed E-state index contributed by atoms with van der Waals surface area (Å²) in [7, 11) is 0. The number of fused-ring (bicyclic) bond motifs is 1. The van der Waals surface area contributed by atoms with Crippen LogP contribution in [0.5, 0.6) is 0 Å². The van der Waals surface area contributed by atoms with E-state index in [-0.39, 0.29) is 11.7 Å². The molecule has 0 bridgehead atoms. The lowest BCUT2D eigenvalue weighted by Crippen LogP contribution is -2.35. The average molecular weight is 312 g/mol. The van der Waals surface area contributed by atoms with Crippen molar-refractivity contribution in [3.63, 3.8) is 0 Å². The molecule has 120 valence electrons. The molecule has 0 radical (unpaired) electrons. The lowest BCUT2D eigenvalue weighted by atomic mass is 9.89. The van der Waals surface area contributed by atoms with E-state index >= 15 is 0 Å². The number of carbonyl (C=O) groups excluding carboxylic acids is 1. The fourth-order valence-corrected chi connectivity index (χ4v) is 3.62. The van der Waals surface area contributed by atoms with Crippen molar-refractivity contribution in [2.24, 2.45) is 5.92 Å². The van der Waals surface area contributed by atoms with Gasteiger partial charge in [-0.3, -0.25) is 4.90 Å². The molecule has 2 aromatic rings. The Morgan fingerprint density at radius 3 is 2.48 bits per heavy atom. The zero-order valence-electron chi connectivity index (χ0n) is 13.0. The van der Waals surface area contributed by atoms with Crippen molar-refractivity contribution in [3.05, 3.63) is 46.6 Å². The molecule has 1 fully saturated rings. The van der Waals surface area contributed by atoms with E-state index in [2.05, 4.69) is 5.10 Å². The highest BCUT2D eigenvalue weighted by Gasteiger charge is 2.33. The van der Waals surface area contributed by atoms with Crippen LogP contribution in [0.15, 0.2) is 35.1 Å². The van der Waals surface area contributed by atoms with Gasteiger partial charge in [0.1, 0.15) is 0 Å². The lowest BCUT2D eigenvalue weighted by molar-refractivity contribution is 0.249. The summed E-state index contributed by atoms with van der Waals surface area (Å²) in [5.74, 6) is 1.05. The maximum atomic E-state index is 12.6. The van der Waals surface area contributed by atoms with Crippen LogP contribution in [0, 0.1) is 5.92 Å². The first kappa shape index (κ1) is 14.2. The summed E-state index contributed by atoms with van der Waals surface area (Å²) in [5.41, 5.74) is 0.496. The van der Waals surface area contributed by atoms with Crippen LogP contribution in [-0.2, 0) is 13.1 Å². The van der Waals surface area contributed by atoms with E-state index in [1.165, 1.54) is 28.5 Å². The lowest BCUT2D eigenvalue weighted by Gasteiger charge is -2.21. The number of aromatic nitrogens is 3. The summed E-state index contributed by atoms with van der Waals surface area (Å²) < 4.78 is 2.71. The van der Waals surface area contributed by atoms with E-state index in [1.54, 1.807) is 4.90 Å². The molecule has 23 heavy (non-hydrogen) atoms. The molecule has 0 atom stereocenters. The number of nitrogens with zero attached hydrogens (tertiary/aromatic N) is 4. The Balaban J connectivity index is 1.58. The van der Waals surface area contributed by atoms with E-state index in [4.69, 9.17) is 0 Å². The van der Waals surface area contributed by atoms with Crippen molar-refractivity contribution in [1.82, 2.24) is 14.3 Å². The Morgan fingerprint density at radius 1 is 1.04 bits per heavy atom. The third-order valence-electron chi connectivity index (χ3n) is 4.85. The van der Waals surface area contributed by atoms with Crippen molar-refractivity contribution >= 4 is 11.7 Å². The number of hydrogen-bond acceptors (Lipinski definition) is 3. The molecule has 0 saturated heterocycles. The number of carbonyl (C=O) groups is 1. The Morgan fingerprint density at radius 2 is 1.78 bits per heavy atom. The minimum Gasteiger partial charge on any atom is -0.286 e. The number of rotatable bonds is 3. The predicted octanol–water partition coefficient (Wildman–Crippen LogP) is 2.61. The van der Waals surface area contributed by atoms with Crippen molar-refractivity contribution < 1.29 is 4.79 Å². The Kier molecular flexibility index (Phi) is 3.52. The monoisotopic (exact) mass is 312 g/mol. The van der Waals surface area contributed by atoms with Crippen LogP contribution in [0.25, 0.3) is 0 Å². The van der Waals surface area contributed by atoms with Gasteiger partial charge in [-0.1, -0.05) is 37.5 Å². The van der Waals surface area contributed by atoms with Gasteiger partial charge in [-0.2, -0.15) is 9.67 Å². The molecule has 2 heterocycles. The second-order valence-corrected chi connectivity index (χ2v) is 6.42. The van der Waals surface area contributed by atoms with Crippen molar-refractivity contribution in [1.29, 1.82) is 0 Å². The molecule has 0 N–H and O–H groups in total. The molecular formula is C17H20N4O2. The molecule has 4 rings (SSSR count). The van der Waals surface area contributed by atoms with Gasteiger partial charge in [0.05, 0.1) is 6.54 Å². The summed E-state index contributed by atoms with van der Waals surface area (Å²) in [6.07, 6.45) is 6.05. The molecule has 1 aliphatic carbocycles. The number of para-hydroxylation sites is 1. The average Bonchev–Trinajstić information content (AvgIpc) is 3.07. The van der Waals surface area contributed by atoms with Gasteiger partial charge in [0.15, 0.2) is 5.82 Å². The van der Waals surface area contributed by atoms with Crippen LogP contribution >= 0.6 is 0 Å². The summed E-state index contributed by atoms with van der Waals surface area (Å²) in [6.45, 7) is 0.993. The molecule has 1 aromatic carbocycles. The summed E-state index contributed by atoms with van der Waals surface area (Å²) in [4.78, 5) is 26.7. The molecule has 1 aromatic heterocycles. The smallest absolute Gasteiger partial charge is 0.286 e. The quantitative estimate of drug-likeness (QED) is 0.875. The number of amides is 1. The molecule has 6 heteroatoms. The third kappa shape index (κ3) is 2.48. The van der Waals surface area contributed by atoms with E-state index in [1.807, 2.05) is 30.3 Å². The minimum atomic E-state index is -0.300. The van der Waals surface area contributed by atoms with Crippen LogP contribution in [-0.4, -0.2) is 20.4 Å². The van der Waals surface area contributed by atoms with Crippen LogP contribution in [0.4, 0.5) is 10.5 Å². The van der Waals surface area contributed by atoms with E-state index < -0.39 is 0 Å². The molecule has 1 saturated carbocycles. The Labute approximate surface area is 134 Å². The first-order chi connectivity index (χ1) is 11.2. The molecule has 6 nitrogen and oxygen atoms in total. The molecule has 1 amide bonds. The normalized spacial score (nSPS) is 18.4. The number of anilines is 1. The summed E-state index contributed by atoms with van der Waals surface area (Å²) in [5, 5.41) is 4.42. The standard InChI is InChI=1S/C17H20N4O2/c22-16-19(14-9-5-2-6-10-14)12-15-18-20(17(23)21(15)16)11-13-7-3-1-4-8-13/h2,5-6,9-10,13H,1,3-4,7-8,11-12H2. The van der Waals surface area contributed by atoms with Crippen LogP contribution in [0.2, 0.25) is 0 Å². The van der Waals surface area contributed by atoms with Crippen molar-refractivity contribution in [2.45, 2.75) is 45.2 Å². The van der Waals surface area contributed by atoms with Gasteiger partial charge in [0, 0.05) is 12.2 Å². The summed E-state index contributed by atoms with van der Waals surface area (Å²) in [6, 6.07) is 9.09. The molecule has 0 spiro atoms. The highest BCUT2D eigenvalue weighted by molar-refractivity contribution is 5.95. The number of hydrogen-bond donors (Lipinski definition) is 0. The summed E-state index contributed by atoms with van der Waals surface area (Å²) >= 11 is 0.